The van der Waals surface area contributed by atoms with Crippen LogP contribution in [0.3, 0.4) is 0 Å². The number of aliphatic hydroxyl groups excluding tert-OH is 4. The minimum atomic E-state index is -1.58. The van der Waals surface area contributed by atoms with Gasteiger partial charge in [0.1, 0.15) is 30.2 Å². The predicted octanol–water partition coefficient (Wildman–Crippen LogP) is -0.0713. The van der Waals surface area contributed by atoms with Crippen LogP contribution < -0.4 is 4.74 Å². The molecule has 0 saturated carbocycles. The fourth-order valence-electron chi connectivity index (χ4n) is 3.07. The third-order valence-corrected chi connectivity index (χ3v) is 4.72. The van der Waals surface area contributed by atoms with Gasteiger partial charge in [-0.25, -0.2) is 9.59 Å². The molecule has 160 valence electrons. The minimum Gasteiger partial charge on any atom is -0.478 e. The first-order valence-corrected chi connectivity index (χ1v) is 8.90. The Bertz CT molecular complexity index is 891. The Balaban J connectivity index is 1.82. The Hall–Kier alpha value is -3.02. The number of hydrogen-bond donors (Lipinski definition) is 6. The molecule has 0 bridgehead atoms. The average Bonchev–Trinajstić information content (AvgIpc) is 2.74. The molecule has 0 amide bonds. The van der Waals surface area contributed by atoms with E-state index in [-0.39, 0.29) is 16.9 Å². The number of aromatic carboxylic acids is 2. The van der Waals surface area contributed by atoms with E-state index in [0.29, 0.717) is 11.1 Å². The fraction of sp³-hybridized carbons (Fsp3) is 0.300. The molecule has 1 heterocycles. The second-order valence-corrected chi connectivity index (χ2v) is 6.75. The van der Waals surface area contributed by atoms with Crippen LogP contribution in [0.4, 0.5) is 0 Å². The summed E-state index contributed by atoms with van der Waals surface area (Å²) in [5, 5.41) is 57.2. The summed E-state index contributed by atoms with van der Waals surface area (Å²) in [5.41, 5.74) is 0.534. The van der Waals surface area contributed by atoms with E-state index in [1.54, 1.807) is 12.1 Å². The van der Waals surface area contributed by atoms with E-state index >= 15 is 0 Å². The van der Waals surface area contributed by atoms with Crippen molar-refractivity contribution in [3.63, 3.8) is 0 Å². The van der Waals surface area contributed by atoms with E-state index in [9.17, 15) is 40.2 Å². The molecule has 10 nitrogen and oxygen atoms in total. The SMILES string of the molecule is O=C(O)c1cc(C(=O)O)cc(-c2ccc(OC3OC(CO)C(O)C(O)C3O)cc2)c1. The van der Waals surface area contributed by atoms with Gasteiger partial charge in [0.05, 0.1) is 17.7 Å². The summed E-state index contributed by atoms with van der Waals surface area (Å²) in [6.45, 7) is -0.588. The lowest BCUT2D eigenvalue weighted by Gasteiger charge is -2.39. The predicted molar refractivity (Wildman–Crippen MR) is 100 cm³/mol. The van der Waals surface area contributed by atoms with Crippen molar-refractivity contribution in [1.82, 2.24) is 0 Å². The summed E-state index contributed by atoms with van der Waals surface area (Å²) >= 11 is 0. The van der Waals surface area contributed by atoms with Crippen molar-refractivity contribution in [3.8, 4) is 16.9 Å². The molecule has 10 heteroatoms. The number of rotatable bonds is 6. The number of benzene rings is 2. The normalized spacial score (nSPS) is 26.2. The molecule has 5 atom stereocenters. The van der Waals surface area contributed by atoms with Crippen molar-refractivity contribution in [2.24, 2.45) is 0 Å². The van der Waals surface area contributed by atoms with Gasteiger partial charge in [0, 0.05) is 0 Å². The molecule has 2 aromatic carbocycles. The summed E-state index contributed by atoms with van der Waals surface area (Å²) in [6.07, 6.45) is -7.10. The Labute approximate surface area is 170 Å². The van der Waals surface area contributed by atoms with Crippen LogP contribution in [0.1, 0.15) is 20.7 Å². The van der Waals surface area contributed by atoms with Crippen molar-refractivity contribution in [2.45, 2.75) is 30.7 Å². The van der Waals surface area contributed by atoms with Gasteiger partial charge in [-0.05, 0) is 41.5 Å². The van der Waals surface area contributed by atoms with Crippen molar-refractivity contribution < 1.29 is 49.7 Å². The van der Waals surface area contributed by atoms with Crippen LogP contribution in [0.5, 0.6) is 5.75 Å². The number of carboxylic acids is 2. The molecule has 1 fully saturated rings. The van der Waals surface area contributed by atoms with Gasteiger partial charge >= 0.3 is 11.9 Å². The first-order valence-electron chi connectivity index (χ1n) is 8.90. The molecule has 30 heavy (non-hydrogen) atoms. The van der Waals surface area contributed by atoms with Crippen LogP contribution in [0.15, 0.2) is 42.5 Å². The lowest BCUT2D eigenvalue weighted by Crippen LogP contribution is -2.60. The molecular weight excluding hydrogens is 400 g/mol. The van der Waals surface area contributed by atoms with Gasteiger partial charge in [-0.3, -0.25) is 0 Å². The number of ether oxygens (including phenoxy) is 2. The summed E-state index contributed by atoms with van der Waals surface area (Å²) in [5.74, 6) is -2.31. The van der Waals surface area contributed by atoms with Crippen LogP contribution in [-0.4, -0.2) is 79.9 Å². The molecule has 6 N–H and O–H groups in total. The van der Waals surface area contributed by atoms with E-state index in [2.05, 4.69) is 0 Å². The largest absolute Gasteiger partial charge is 0.478 e. The van der Waals surface area contributed by atoms with Crippen LogP contribution in [0.25, 0.3) is 11.1 Å². The second-order valence-electron chi connectivity index (χ2n) is 6.75. The topological polar surface area (TPSA) is 174 Å². The van der Waals surface area contributed by atoms with E-state index in [1.807, 2.05) is 0 Å². The van der Waals surface area contributed by atoms with Gasteiger partial charge < -0.3 is 40.1 Å². The summed E-state index contributed by atoms with van der Waals surface area (Å²) in [4.78, 5) is 22.5. The maximum atomic E-state index is 11.3. The highest BCUT2D eigenvalue weighted by Gasteiger charge is 2.44. The second kappa shape index (κ2) is 8.78. The molecule has 1 saturated heterocycles. The fourth-order valence-corrected chi connectivity index (χ4v) is 3.07. The van der Waals surface area contributed by atoms with Gasteiger partial charge in [-0.1, -0.05) is 12.1 Å². The van der Waals surface area contributed by atoms with Crippen LogP contribution in [-0.2, 0) is 4.74 Å². The van der Waals surface area contributed by atoms with Gasteiger partial charge in [-0.15, -0.1) is 0 Å². The lowest BCUT2D eigenvalue weighted by atomic mass is 9.99. The van der Waals surface area contributed by atoms with Gasteiger partial charge in [0.25, 0.3) is 0 Å². The maximum absolute atomic E-state index is 11.3. The van der Waals surface area contributed by atoms with Crippen molar-refractivity contribution in [2.75, 3.05) is 6.61 Å². The van der Waals surface area contributed by atoms with Crippen molar-refractivity contribution in [1.29, 1.82) is 0 Å². The Kier molecular flexibility index (Phi) is 6.34. The molecule has 5 unspecified atom stereocenters. The van der Waals surface area contributed by atoms with Crippen LogP contribution in [0.2, 0.25) is 0 Å². The Morgan fingerprint density at radius 2 is 1.40 bits per heavy atom. The van der Waals surface area contributed by atoms with Crippen LogP contribution in [0, 0.1) is 0 Å². The third-order valence-electron chi connectivity index (χ3n) is 4.72. The standard InChI is InChI=1S/C20H20O10/c21-8-14-15(22)16(23)17(24)20(30-14)29-13-3-1-9(2-4-13)10-5-11(18(25)26)7-12(6-10)19(27)28/h1-7,14-17,20-24H,8H2,(H,25,26)(H,27,28). The quantitative estimate of drug-likeness (QED) is 0.371. The zero-order valence-corrected chi connectivity index (χ0v) is 15.5. The molecule has 0 radical (unpaired) electrons. The Morgan fingerprint density at radius 3 is 1.90 bits per heavy atom. The summed E-state index contributed by atoms with van der Waals surface area (Å²) < 4.78 is 10.8. The molecule has 2 aromatic rings. The lowest BCUT2D eigenvalue weighted by molar-refractivity contribution is -0.277. The van der Waals surface area contributed by atoms with E-state index < -0.39 is 49.3 Å². The van der Waals surface area contributed by atoms with Crippen molar-refractivity contribution in [3.05, 3.63) is 53.6 Å². The molecule has 1 aliphatic rings. The minimum absolute atomic E-state index is 0.174. The highest BCUT2D eigenvalue weighted by Crippen LogP contribution is 2.28. The van der Waals surface area contributed by atoms with Crippen LogP contribution >= 0.6 is 0 Å². The molecular formula is C20H20O10. The smallest absolute Gasteiger partial charge is 0.335 e. The van der Waals surface area contributed by atoms with Gasteiger partial charge in [-0.2, -0.15) is 0 Å². The van der Waals surface area contributed by atoms with Gasteiger partial charge in [0.2, 0.25) is 6.29 Å². The molecule has 0 aliphatic carbocycles. The highest BCUT2D eigenvalue weighted by molar-refractivity contribution is 5.96. The molecule has 0 aromatic heterocycles. The van der Waals surface area contributed by atoms with Gasteiger partial charge in [0.15, 0.2) is 0 Å². The number of hydrogen-bond acceptors (Lipinski definition) is 8. The molecule has 1 aliphatic heterocycles. The molecule has 0 spiro atoms. The summed E-state index contributed by atoms with van der Waals surface area (Å²) in [7, 11) is 0. The number of aliphatic hydroxyl groups is 4. The molecule has 3 rings (SSSR count). The van der Waals surface area contributed by atoms with E-state index in [0.717, 1.165) is 6.07 Å². The highest BCUT2D eigenvalue weighted by atomic mass is 16.7. The summed E-state index contributed by atoms with van der Waals surface area (Å²) in [6, 6.07) is 9.78. The number of carboxylic acid groups (broad SMARTS) is 2. The zero-order valence-electron chi connectivity index (χ0n) is 15.5. The third kappa shape index (κ3) is 4.42. The first-order chi connectivity index (χ1) is 14.2. The monoisotopic (exact) mass is 420 g/mol. The number of carbonyl (C=O) groups is 2. The van der Waals surface area contributed by atoms with E-state index in [1.165, 1.54) is 24.3 Å². The zero-order chi connectivity index (χ0) is 22.0. The average molecular weight is 420 g/mol. The van der Waals surface area contributed by atoms with E-state index in [4.69, 9.17) is 9.47 Å². The maximum Gasteiger partial charge on any atom is 0.335 e. The van der Waals surface area contributed by atoms with Crippen molar-refractivity contribution >= 4 is 11.9 Å². The Morgan fingerprint density at radius 1 is 0.833 bits per heavy atom. The first kappa shape index (κ1) is 21.7.